The molecule has 0 aliphatic heterocycles. The zero-order valence-electron chi connectivity index (χ0n) is 22.7. The molecule has 3 aromatic carbocycles. The average Bonchev–Trinajstić information content (AvgIpc) is 3.27. The van der Waals surface area contributed by atoms with Gasteiger partial charge in [0.05, 0.1) is 30.3 Å². The van der Waals surface area contributed by atoms with Crippen LogP contribution >= 0.6 is 0 Å². The van der Waals surface area contributed by atoms with Crippen LogP contribution in [0.25, 0.3) is 10.9 Å². The molecule has 4 aromatic rings. The van der Waals surface area contributed by atoms with Crippen molar-refractivity contribution in [1.29, 1.82) is 0 Å². The second-order valence-corrected chi connectivity index (χ2v) is 9.96. The molecule has 1 atom stereocenters. The van der Waals surface area contributed by atoms with Crippen molar-refractivity contribution >= 4 is 22.7 Å². The van der Waals surface area contributed by atoms with Gasteiger partial charge in [-0.3, -0.25) is 9.59 Å². The summed E-state index contributed by atoms with van der Waals surface area (Å²) in [6.45, 7) is 4.36. The summed E-state index contributed by atoms with van der Waals surface area (Å²) in [7, 11) is 1.49. The summed E-state index contributed by atoms with van der Waals surface area (Å²) >= 11 is 0. The molecule has 1 heterocycles. The molecule has 0 radical (unpaired) electrons. The van der Waals surface area contributed by atoms with Gasteiger partial charge in [0, 0.05) is 36.8 Å². The van der Waals surface area contributed by atoms with Crippen LogP contribution in [0, 0.1) is 11.6 Å². The van der Waals surface area contributed by atoms with Gasteiger partial charge in [0.1, 0.15) is 0 Å². The molecule has 1 aromatic heterocycles. The van der Waals surface area contributed by atoms with E-state index in [0.717, 1.165) is 23.4 Å². The summed E-state index contributed by atoms with van der Waals surface area (Å²) in [6.07, 6.45) is 0. The normalized spacial score (nSPS) is 12.1. The van der Waals surface area contributed by atoms with Gasteiger partial charge in [0.15, 0.2) is 11.6 Å². The van der Waals surface area contributed by atoms with Gasteiger partial charge in [-0.2, -0.15) is 0 Å². The van der Waals surface area contributed by atoms with Crippen LogP contribution in [0.4, 0.5) is 8.78 Å². The SMILES string of the molecule is COCC(CO)NC(=O)c1ccc2c(C(=O)NCc3ccc(F)c(F)c3)c(C(C)C)n(Cc3ccccc3)c2c1. The van der Waals surface area contributed by atoms with Crippen molar-refractivity contribution in [2.75, 3.05) is 20.3 Å². The van der Waals surface area contributed by atoms with Crippen LogP contribution in [-0.4, -0.2) is 47.9 Å². The van der Waals surface area contributed by atoms with Gasteiger partial charge >= 0.3 is 0 Å². The summed E-state index contributed by atoms with van der Waals surface area (Å²) in [6, 6.07) is 17.9. The van der Waals surface area contributed by atoms with Gasteiger partial charge in [0.2, 0.25) is 0 Å². The second kappa shape index (κ2) is 12.8. The first-order valence-corrected chi connectivity index (χ1v) is 13.1. The van der Waals surface area contributed by atoms with Crippen molar-refractivity contribution in [2.45, 2.75) is 38.9 Å². The van der Waals surface area contributed by atoms with E-state index in [1.54, 1.807) is 18.2 Å². The van der Waals surface area contributed by atoms with E-state index in [2.05, 4.69) is 10.6 Å². The number of carbonyl (C=O) groups excluding carboxylic acids is 2. The fraction of sp³-hybridized carbons (Fsp3) is 0.290. The molecule has 40 heavy (non-hydrogen) atoms. The van der Waals surface area contributed by atoms with Gasteiger partial charge in [-0.05, 0) is 41.3 Å². The first-order chi connectivity index (χ1) is 19.2. The number of aliphatic hydroxyl groups is 1. The molecule has 9 heteroatoms. The van der Waals surface area contributed by atoms with Crippen molar-refractivity contribution in [3.8, 4) is 0 Å². The standard InChI is InChI=1S/C31H33F2N3O4/c1-19(2)29-28(31(39)34-15-21-9-12-25(32)26(33)13-21)24-11-10-22(30(38)35-23(17-37)18-40-3)14-27(24)36(29)16-20-7-5-4-6-8-20/h4-14,19,23,37H,15-18H2,1-3H3,(H,34,39)(H,35,38). The zero-order chi connectivity index (χ0) is 28.8. The summed E-state index contributed by atoms with van der Waals surface area (Å²) in [4.78, 5) is 26.7. The lowest BCUT2D eigenvalue weighted by Gasteiger charge is -2.16. The highest BCUT2D eigenvalue weighted by Gasteiger charge is 2.26. The monoisotopic (exact) mass is 549 g/mol. The highest BCUT2D eigenvalue weighted by molar-refractivity contribution is 6.10. The fourth-order valence-electron chi connectivity index (χ4n) is 4.82. The predicted octanol–water partition coefficient (Wildman–Crippen LogP) is 4.76. The average molecular weight is 550 g/mol. The van der Waals surface area contributed by atoms with Crippen molar-refractivity contribution in [2.24, 2.45) is 0 Å². The van der Waals surface area contributed by atoms with Gasteiger partial charge < -0.3 is 25.0 Å². The molecule has 7 nitrogen and oxygen atoms in total. The molecule has 0 aliphatic carbocycles. The number of hydrogen-bond acceptors (Lipinski definition) is 4. The van der Waals surface area contributed by atoms with Gasteiger partial charge in [-0.1, -0.05) is 56.3 Å². The maximum Gasteiger partial charge on any atom is 0.254 e. The van der Waals surface area contributed by atoms with Crippen LogP contribution in [-0.2, 0) is 17.8 Å². The van der Waals surface area contributed by atoms with E-state index < -0.39 is 17.7 Å². The summed E-state index contributed by atoms with van der Waals surface area (Å²) < 4.78 is 34.2. The molecule has 1 unspecified atom stereocenters. The number of benzene rings is 3. The van der Waals surface area contributed by atoms with Crippen LogP contribution in [0.15, 0.2) is 66.7 Å². The third-order valence-corrected chi connectivity index (χ3v) is 6.68. The number of hydrogen-bond donors (Lipinski definition) is 3. The first-order valence-electron chi connectivity index (χ1n) is 13.1. The Morgan fingerprint density at radius 3 is 2.35 bits per heavy atom. The Balaban J connectivity index is 1.78. The molecule has 0 saturated carbocycles. The predicted molar refractivity (Wildman–Crippen MR) is 149 cm³/mol. The van der Waals surface area contributed by atoms with E-state index in [-0.39, 0.29) is 37.5 Å². The molecular weight excluding hydrogens is 516 g/mol. The molecule has 0 bridgehead atoms. The first kappa shape index (κ1) is 28.9. The maximum atomic E-state index is 13.7. The zero-order valence-corrected chi connectivity index (χ0v) is 22.7. The lowest BCUT2D eigenvalue weighted by Crippen LogP contribution is -2.40. The third-order valence-electron chi connectivity index (χ3n) is 6.68. The van der Waals surface area contributed by atoms with Crippen LogP contribution in [0.2, 0.25) is 0 Å². The van der Waals surface area contributed by atoms with Crippen molar-refractivity contribution in [3.05, 3.63) is 106 Å². The topological polar surface area (TPSA) is 92.6 Å². The van der Waals surface area contributed by atoms with Crippen molar-refractivity contribution < 1.29 is 28.2 Å². The molecule has 0 spiro atoms. The molecule has 210 valence electrons. The number of nitrogens with one attached hydrogen (secondary N) is 2. The van der Waals surface area contributed by atoms with Crippen molar-refractivity contribution in [1.82, 2.24) is 15.2 Å². The van der Waals surface area contributed by atoms with E-state index in [0.29, 0.717) is 34.1 Å². The molecule has 2 amide bonds. The van der Waals surface area contributed by atoms with E-state index in [1.165, 1.54) is 13.2 Å². The largest absolute Gasteiger partial charge is 0.394 e. The number of rotatable bonds is 11. The van der Waals surface area contributed by atoms with Crippen molar-refractivity contribution in [3.63, 3.8) is 0 Å². The smallest absolute Gasteiger partial charge is 0.254 e. The number of carbonyl (C=O) groups is 2. The minimum atomic E-state index is -0.978. The quantitative estimate of drug-likeness (QED) is 0.252. The highest BCUT2D eigenvalue weighted by atomic mass is 19.2. The van der Waals surface area contributed by atoms with Crippen LogP contribution in [0.5, 0.6) is 0 Å². The number of methoxy groups -OCH3 is 1. The Kier molecular flexibility index (Phi) is 9.29. The molecule has 0 fully saturated rings. The van der Waals surface area contributed by atoms with Gasteiger partial charge in [0.25, 0.3) is 11.8 Å². The van der Waals surface area contributed by atoms with Crippen LogP contribution in [0.1, 0.15) is 57.3 Å². The molecular formula is C31H33F2N3O4. The molecule has 4 rings (SSSR count). The number of ether oxygens (including phenoxy) is 1. The molecule has 0 aliphatic rings. The number of aromatic nitrogens is 1. The number of halogens is 2. The maximum absolute atomic E-state index is 13.7. The Hall–Kier alpha value is -4.08. The summed E-state index contributed by atoms with van der Waals surface area (Å²) in [5.41, 5.74) is 3.77. The Morgan fingerprint density at radius 2 is 1.70 bits per heavy atom. The molecule has 3 N–H and O–H groups in total. The van der Waals surface area contributed by atoms with E-state index in [1.807, 2.05) is 48.7 Å². The number of amides is 2. The lowest BCUT2D eigenvalue weighted by molar-refractivity contribution is 0.0839. The van der Waals surface area contributed by atoms with E-state index >= 15 is 0 Å². The Bertz CT molecular complexity index is 1500. The fourth-order valence-corrected chi connectivity index (χ4v) is 4.82. The third kappa shape index (κ3) is 6.38. The highest BCUT2D eigenvalue weighted by Crippen LogP contribution is 2.33. The van der Waals surface area contributed by atoms with Crippen LogP contribution in [0.3, 0.4) is 0 Å². The minimum absolute atomic E-state index is 0.0153. The number of fused-ring (bicyclic) bond motifs is 1. The summed E-state index contributed by atoms with van der Waals surface area (Å²) in [5.74, 6) is -2.72. The Morgan fingerprint density at radius 1 is 0.950 bits per heavy atom. The van der Waals surface area contributed by atoms with Crippen LogP contribution < -0.4 is 10.6 Å². The minimum Gasteiger partial charge on any atom is -0.394 e. The van der Waals surface area contributed by atoms with E-state index in [9.17, 15) is 23.5 Å². The summed E-state index contributed by atoms with van der Waals surface area (Å²) in [5, 5.41) is 15.9. The lowest BCUT2D eigenvalue weighted by atomic mass is 10.0. The van der Waals surface area contributed by atoms with Gasteiger partial charge in [-0.25, -0.2) is 8.78 Å². The second-order valence-electron chi connectivity index (χ2n) is 9.96. The van der Waals surface area contributed by atoms with Gasteiger partial charge in [-0.15, -0.1) is 0 Å². The number of aliphatic hydroxyl groups excluding tert-OH is 1. The van der Waals surface area contributed by atoms with E-state index in [4.69, 9.17) is 4.74 Å². The Labute approximate surface area is 231 Å². The number of nitrogens with zero attached hydrogens (tertiary/aromatic N) is 1. The molecule has 0 saturated heterocycles.